The normalized spacial score (nSPS) is 20.7. The molecule has 0 bridgehead atoms. The van der Waals surface area contributed by atoms with E-state index in [1.165, 1.54) is 37.7 Å². The van der Waals surface area contributed by atoms with Crippen LogP contribution in [0.25, 0.3) is 0 Å². The fraction of sp³-hybridized carbons (Fsp3) is 0.833. The first-order chi connectivity index (χ1) is 6.68. The van der Waals surface area contributed by atoms with Gasteiger partial charge in [0, 0.05) is 17.0 Å². The predicted octanol–water partition coefficient (Wildman–Crippen LogP) is 3.35. The van der Waals surface area contributed by atoms with Crippen LogP contribution in [0, 0.1) is 0 Å². The van der Waals surface area contributed by atoms with Crippen molar-refractivity contribution in [1.82, 2.24) is 0 Å². The van der Waals surface area contributed by atoms with E-state index in [-0.39, 0.29) is 0 Å². The van der Waals surface area contributed by atoms with Gasteiger partial charge in [-0.3, -0.25) is 0 Å². The largest absolute Gasteiger partial charge is 0.327 e. The highest BCUT2D eigenvalue weighted by Crippen LogP contribution is 2.28. The van der Waals surface area contributed by atoms with Gasteiger partial charge in [-0.05, 0) is 26.2 Å². The van der Waals surface area contributed by atoms with Gasteiger partial charge in [0.2, 0.25) is 0 Å². The molecule has 14 heavy (non-hydrogen) atoms. The van der Waals surface area contributed by atoms with Gasteiger partial charge in [0.25, 0.3) is 0 Å². The van der Waals surface area contributed by atoms with Crippen molar-refractivity contribution in [2.45, 2.75) is 56.7 Å². The lowest BCUT2D eigenvalue weighted by atomic mass is 10.0. The maximum atomic E-state index is 6.01. The zero-order valence-corrected chi connectivity index (χ0v) is 10.1. The van der Waals surface area contributed by atoms with Crippen molar-refractivity contribution in [3.63, 3.8) is 0 Å². The Kier molecular flexibility index (Phi) is 5.64. The lowest BCUT2D eigenvalue weighted by molar-refractivity contribution is 0.515. The Balaban J connectivity index is 2.09. The Labute approximate surface area is 92.5 Å². The summed E-state index contributed by atoms with van der Waals surface area (Å²) in [6, 6.07) is 0.319. The van der Waals surface area contributed by atoms with Crippen molar-refractivity contribution >= 4 is 11.8 Å². The van der Waals surface area contributed by atoms with Crippen LogP contribution in [0.2, 0.25) is 0 Å². The van der Waals surface area contributed by atoms with Gasteiger partial charge in [-0.25, -0.2) is 0 Å². The SMILES string of the molecule is C=C(C)CC(N)CSC1CCCCC1. The molecule has 0 aromatic rings. The molecule has 2 heteroatoms. The van der Waals surface area contributed by atoms with E-state index in [1.807, 2.05) is 0 Å². The molecular formula is C12H23NS. The molecule has 1 nitrogen and oxygen atoms in total. The van der Waals surface area contributed by atoms with Crippen molar-refractivity contribution in [3.05, 3.63) is 12.2 Å². The van der Waals surface area contributed by atoms with Crippen LogP contribution in [0.3, 0.4) is 0 Å². The summed E-state index contributed by atoms with van der Waals surface area (Å²) in [4.78, 5) is 0. The second-order valence-corrected chi connectivity index (χ2v) is 5.85. The standard InChI is InChI=1S/C12H23NS/c1-10(2)8-11(13)9-14-12-6-4-3-5-7-12/h11-12H,1,3-9,13H2,2H3. The van der Waals surface area contributed by atoms with Crippen molar-refractivity contribution in [2.75, 3.05) is 5.75 Å². The van der Waals surface area contributed by atoms with Gasteiger partial charge < -0.3 is 5.73 Å². The maximum Gasteiger partial charge on any atom is 0.0167 e. The minimum atomic E-state index is 0.319. The average Bonchev–Trinajstić information content (AvgIpc) is 2.15. The number of rotatable bonds is 5. The van der Waals surface area contributed by atoms with Crippen LogP contribution in [0.15, 0.2) is 12.2 Å². The Bertz CT molecular complexity index is 173. The molecule has 1 aliphatic carbocycles. The topological polar surface area (TPSA) is 26.0 Å². The minimum absolute atomic E-state index is 0.319. The smallest absolute Gasteiger partial charge is 0.0167 e. The zero-order valence-electron chi connectivity index (χ0n) is 9.30. The highest BCUT2D eigenvalue weighted by atomic mass is 32.2. The van der Waals surface area contributed by atoms with Gasteiger partial charge in [-0.15, -0.1) is 6.58 Å². The Morgan fingerprint density at radius 1 is 1.43 bits per heavy atom. The molecule has 1 saturated carbocycles. The molecule has 0 radical (unpaired) electrons. The van der Waals surface area contributed by atoms with Gasteiger partial charge >= 0.3 is 0 Å². The fourth-order valence-corrected chi connectivity index (χ4v) is 3.30. The van der Waals surface area contributed by atoms with E-state index in [1.54, 1.807) is 0 Å². The lowest BCUT2D eigenvalue weighted by Crippen LogP contribution is -2.24. The second kappa shape index (κ2) is 6.52. The molecule has 2 N–H and O–H groups in total. The van der Waals surface area contributed by atoms with Crippen LogP contribution in [0.5, 0.6) is 0 Å². The number of hydrogen-bond acceptors (Lipinski definition) is 2. The molecule has 1 rings (SSSR count). The van der Waals surface area contributed by atoms with Crippen molar-refractivity contribution in [1.29, 1.82) is 0 Å². The van der Waals surface area contributed by atoms with E-state index in [2.05, 4.69) is 25.3 Å². The van der Waals surface area contributed by atoms with Gasteiger partial charge in [0.1, 0.15) is 0 Å². The van der Waals surface area contributed by atoms with Crippen molar-refractivity contribution in [2.24, 2.45) is 5.73 Å². The van der Waals surface area contributed by atoms with E-state index < -0.39 is 0 Å². The summed E-state index contributed by atoms with van der Waals surface area (Å²) in [5, 5.41) is 0.889. The van der Waals surface area contributed by atoms with E-state index in [9.17, 15) is 0 Å². The van der Waals surface area contributed by atoms with E-state index in [4.69, 9.17) is 5.73 Å². The van der Waals surface area contributed by atoms with Crippen LogP contribution < -0.4 is 5.73 Å². The quantitative estimate of drug-likeness (QED) is 0.709. The molecule has 1 aliphatic rings. The molecule has 0 aromatic heterocycles. The van der Waals surface area contributed by atoms with Crippen LogP contribution >= 0.6 is 11.8 Å². The van der Waals surface area contributed by atoms with E-state index in [0.29, 0.717) is 6.04 Å². The van der Waals surface area contributed by atoms with Gasteiger partial charge in [0.05, 0.1) is 0 Å². The Morgan fingerprint density at radius 2 is 2.07 bits per heavy atom. The Morgan fingerprint density at radius 3 is 2.64 bits per heavy atom. The number of thioether (sulfide) groups is 1. The molecule has 0 saturated heterocycles. The molecule has 0 heterocycles. The molecule has 0 spiro atoms. The highest BCUT2D eigenvalue weighted by Gasteiger charge is 2.14. The number of nitrogens with two attached hydrogens (primary N) is 1. The number of hydrogen-bond donors (Lipinski definition) is 1. The molecule has 1 fully saturated rings. The third-order valence-electron chi connectivity index (χ3n) is 2.71. The summed E-state index contributed by atoms with van der Waals surface area (Å²) in [5.74, 6) is 1.11. The molecular weight excluding hydrogens is 190 g/mol. The van der Waals surface area contributed by atoms with Crippen LogP contribution in [-0.4, -0.2) is 17.0 Å². The maximum absolute atomic E-state index is 6.01. The zero-order chi connectivity index (χ0) is 10.4. The molecule has 1 unspecified atom stereocenters. The summed E-state index contributed by atoms with van der Waals surface area (Å²) in [5.41, 5.74) is 7.22. The molecule has 0 amide bonds. The first kappa shape index (κ1) is 12.1. The third kappa shape index (κ3) is 5.06. The van der Waals surface area contributed by atoms with Crippen molar-refractivity contribution < 1.29 is 0 Å². The first-order valence-electron chi connectivity index (χ1n) is 5.70. The summed E-state index contributed by atoms with van der Waals surface area (Å²) < 4.78 is 0. The molecule has 82 valence electrons. The van der Waals surface area contributed by atoms with E-state index in [0.717, 1.165) is 17.4 Å². The average molecular weight is 213 g/mol. The predicted molar refractivity (Wildman–Crippen MR) is 66.7 cm³/mol. The first-order valence-corrected chi connectivity index (χ1v) is 6.75. The van der Waals surface area contributed by atoms with Gasteiger partial charge in [-0.1, -0.05) is 24.8 Å². The third-order valence-corrected chi connectivity index (χ3v) is 4.27. The minimum Gasteiger partial charge on any atom is -0.327 e. The Hall–Kier alpha value is 0.0500. The molecule has 0 aromatic carbocycles. The van der Waals surface area contributed by atoms with Crippen molar-refractivity contribution in [3.8, 4) is 0 Å². The summed E-state index contributed by atoms with van der Waals surface area (Å²) in [7, 11) is 0. The summed E-state index contributed by atoms with van der Waals surface area (Å²) in [6.07, 6.45) is 8.09. The monoisotopic (exact) mass is 213 g/mol. The summed E-state index contributed by atoms with van der Waals surface area (Å²) >= 11 is 2.08. The molecule has 0 aliphatic heterocycles. The summed E-state index contributed by atoms with van der Waals surface area (Å²) in [6.45, 7) is 5.96. The fourth-order valence-electron chi connectivity index (χ4n) is 2.00. The lowest BCUT2D eigenvalue weighted by Gasteiger charge is -2.22. The van der Waals surface area contributed by atoms with Gasteiger partial charge in [0.15, 0.2) is 0 Å². The molecule has 1 atom stereocenters. The van der Waals surface area contributed by atoms with Crippen LogP contribution in [-0.2, 0) is 0 Å². The second-order valence-electron chi connectivity index (χ2n) is 4.51. The van der Waals surface area contributed by atoms with Crippen LogP contribution in [0.4, 0.5) is 0 Å². The van der Waals surface area contributed by atoms with Crippen LogP contribution in [0.1, 0.15) is 45.4 Å². The van der Waals surface area contributed by atoms with E-state index >= 15 is 0 Å². The van der Waals surface area contributed by atoms with Gasteiger partial charge in [-0.2, -0.15) is 11.8 Å². The highest BCUT2D eigenvalue weighted by molar-refractivity contribution is 7.99.